The zero-order valence-electron chi connectivity index (χ0n) is 18.4. The van der Waals surface area contributed by atoms with Crippen molar-refractivity contribution in [1.82, 2.24) is 19.4 Å². The highest BCUT2D eigenvalue weighted by atomic mass is 35.5. The SMILES string of the molecule is CCCCC(Cc1c[nH]c2ccccc12)C1CN(C2COC2)Cc2nc(C(N)=O)c(Cl)n21. The van der Waals surface area contributed by atoms with Crippen LogP contribution >= 0.6 is 11.6 Å². The number of carbonyl (C=O) groups is 1. The fraction of sp³-hybridized carbons (Fsp3) is 0.500. The summed E-state index contributed by atoms with van der Waals surface area (Å²) in [5.41, 5.74) is 8.25. The molecule has 2 atom stereocenters. The molecule has 2 aliphatic rings. The van der Waals surface area contributed by atoms with Gasteiger partial charge in [0.1, 0.15) is 11.0 Å². The van der Waals surface area contributed by atoms with E-state index in [0.29, 0.717) is 23.7 Å². The predicted molar refractivity (Wildman–Crippen MR) is 125 cm³/mol. The maximum Gasteiger partial charge on any atom is 0.270 e. The molecule has 0 spiro atoms. The molecule has 2 unspecified atom stereocenters. The molecular weight excluding hydrogens is 426 g/mol. The van der Waals surface area contributed by atoms with Gasteiger partial charge in [0.25, 0.3) is 5.91 Å². The van der Waals surface area contributed by atoms with Gasteiger partial charge >= 0.3 is 0 Å². The lowest BCUT2D eigenvalue weighted by atomic mass is 9.86. The van der Waals surface area contributed by atoms with Crippen molar-refractivity contribution in [3.8, 4) is 0 Å². The third kappa shape index (κ3) is 3.83. The minimum atomic E-state index is -0.573. The number of ether oxygens (including phenoxy) is 1. The van der Waals surface area contributed by atoms with Crippen LogP contribution in [0.25, 0.3) is 10.9 Å². The van der Waals surface area contributed by atoms with Crippen LogP contribution in [0.15, 0.2) is 30.5 Å². The van der Waals surface area contributed by atoms with Gasteiger partial charge in [0.05, 0.1) is 31.8 Å². The van der Waals surface area contributed by atoms with Crippen molar-refractivity contribution in [1.29, 1.82) is 0 Å². The molecule has 170 valence electrons. The minimum Gasteiger partial charge on any atom is -0.378 e. The van der Waals surface area contributed by atoms with Crippen molar-refractivity contribution in [2.45, 2.75) is 51.2 Å². The van der Waals surface area contributed by atoms with Crippen molar-refractivity contribution in [2.24, 2.45) is 11.7 Å². The first-order valence-electron chi connectivity index (χ1n) is 11.5. The Morgan fingerprint density at radius 1 is 1.38 bits per heavy atom. The fourth-order valence-corrected chi connectivity index (χ4v) is 5.54. The molecule has 4 heterocycles. The van der Waals surface area contributed by atoms with E-state index in [-0.39, 0.29) is 11.7 Å². The normalized spacial score (nSPS) is 20.2. The molecule has 0 radical (unpaired) electrons. The third-order valence-corrected chi connectivity index (χ3v) is 7.38. The first kappa shape index (κ1) is 21.5. The molecule has 1 amide bonds. The maximum atomic E-state index is 12.0. The Hall–Kier alpha value is -2.35. The summed E-state index contributed by atoms with van der Waals surface area (Å²) >= 11 is 6.71. The number of primary amides is 1. The highest BCUT2D eigenvalue weighted by Gasteiger charge is 2.39. The second kappa shape index (κ2) is 8.89. The Labute approximate surface area is 192 Å². The van der Waals surface area contributed by atoms with E-state index in [1.54, 1.807) is 0 Å². The predicted octanol–water partition coefficient (Wildman–Crippen LogP) is 3.92. The number of amides is 1. The Bertz CT molecular complexity index is 1120. The summed E-state index contributed by atoms with van der Waals surface area (Å²) in [7, 11) is 0. The zero-order valence-corrected chi connectivity index (χ0v) is 19.1. The topological polar surface area (TPSA) is 89.2 Å². The largest absolute Gasteiger partial charge is 0.378 e. The van der Waals surface area contributed by atoms with Crippen molar-refractivity contribution >= 4 is 28.4 Å². The second-order valence-electron chi connectivity index (χ2n) is 9.06. The van der Waals surface area contributed by atoms with Crippen LogP contribution in [0, 0.1) is 5.92 Å². The van der Waals surface area contributed by atoms with E-state index in [1.807, 2.05) is 0 Å². The summed E-state index contributed by atoms with van der Waals surface area (Å²) in [6.45, 7) is 5.23. The molecule has 32 heavy (non-hydrogen) atoms. The van der Waals surface area contributed by atoms with Crippen molar-refractivity contribution in [3.05, 3.63) is 52.7 Å². The van der Waals surface area contributed by atoms with Gasteiger partial charge in [0, 0.05) is 23.6 Å². The monoisotopic (exact) mass is 455 g/mol. The lowest BCUT2D eigenvalue weighted by Crippen LogP contribution is -2.53. The summed E-state index contributed by atoms with van der Waals surface area (Å²) < 4.78 is 7.55. The Morgan fingerprint density at radius 2 is 2.19 bits per heavy atom. The van der Waals surface area contributed by atoms with Gasteiger partial charge < -0.3 is 20.0 Å². The minimum absolute atomic E-state index is 0.118. The summed E-state index contributed by atoms with van der Waals surface area (Å²) in [5, 5.41) is 1.64. The van der Waals surface area contributed by atoms with Gasteiger partial charge in [-0.05, 0) is 30.4 Å². The highest BCUT2D eigenvalue weighted by molar-refractivity contribution is 6.32. The number of nitrogens with one attached hydrogen (secondary N) is 1. The number of halogens is 1. The molecule has 3 aromatic rings. The number of nitrogens with zero attached hydrogens (tertiary/aromatic N) is 3. The number of nitrogens with two attached hydrogens (primary N) is 1. The maximum absolute atomic E-state index is 12.0. The van der Waals surface area contributed by atoms with Crippen LogP contribution in [0.2, 0.25) is 5.15 Å². The van der Waals surface area contributed by atoms with Crippen LogP contribution in [-0.4, -0.2) is 51.1 Å². The molecule has 2 aromatic heterocycles. The van der Waals surface area contributed by atoms with E-state index in [2.05, 4.69) is 56.8 Å². The Morgan fingerprint density at radius 3 is 2.91 bits per heavy atom. The summed E-state index contributed by atoms with van der Waals surface area (Å²) in [6, 6.07) is 8.94. The van der Waals surface area contributed by atoms with E-state index in [9.17, 15) is 4.79 Å². The lowest BCUT2D eigenvalue weighted by Gasteiger charge is -2.44. The fourth-order valence-electron chi connectivity index (χ4n) is 5.18. The van der Waals surface area contributed by atoms with Gasteiger partial charge in [-0.25, -0.2) is 4.98 Å². The van der Waals surface area contributed by atoms with Crippen molar-refractivity contribution < 1.29 is 9.53 Å². The molecular formula is C24H30ClN5O2. The first-order chi connectivity index (χ1) is 15.6. The van der Waals surface area contributed by atoms with Gasteiger partial charge in [-0.3, -0.25) is 9.69 Å². The number of rotatable bonds is 8. The number of imidazole rings is 1. The number of aromatic amines is 1. The van der Waals surface area contributed by atoms with Gasteiger partial charge in [0.2, 0.25) is 0 Å². The van der Waals surface area contributed by atoms with Crippen LogP contribution in [0.1, 0.15) is 54.1 Å². The van der Waals surface area contributed by atoms with Crippen LogP contribution in [0.5, 0.6) is 0 Å². The standard InChI is InChI=1S/C24H30ClN5O2/c1-2-3-6-15(9-16-10-27-19-8-5-4-7-18(16)19)20-11-29(17-13-32-14-17)12-21-28-22(24(26)31)23(25)30(20)21/h4-5,7-8,10,15,17,20,27H,2-3,6,9,11-14H2,1H3,(H2,26,31). The van der Waals surface area contributed by atoms with E-state index in [1.165, 1.54) is 10.9 Å². The number of para-hydroxylation sites is 1. The van der Waals surface area contributed by atoms with Crippen LogP contribution < -0.4 is 5.73 Å². The number of aromatic nitrogens is 3. The van der Waals surface area contributed by atoms with E-state index < -0.39 is 5.91 Å². The highest BCUT2D eigenvalue weighted by Crippen LogP contribution is 2.38. The third-order valence-electron chi connectivity index (χ3n) is 7.02. The lowest BCUT2D eigenvalue weighted by molar-refractivity contribution is -0.0806. The van der Waals surface area contributed by atoms with Crippen LogP contribution in [0.3, 0.4) is 0 Å². The molecule has 1 aromatic carbocycles. The van der Waals surface area contributed by atoms with E-state index in [0.717, 1.165) is 56.8 Å². The van der Waals surface area contributed by atoms with Crippen molar-refractivity contribution in [3.63, 3.8) is 0 Å². The second-order valence-corrected chi connectivity index (χ2v) is 9.41. The summed E-state index contributed by atoms with van der Waals surface area (Å²) in [6.07, 6.45) is 6.42. The Kier molecular flexibility index (Phi) is 5.97. The first-order valence-corrected chi connectivity index (χ1v) is 11.9. The van der Waals surface area contributed by atoms with Gasteiger partial charge in [0.15, 0.2) is 5.69 Å². The number of hydrogen-bond donors (Lipinski definition) is 2. The molecule has 8 heteroatoms. The number of fused-ring (bicyclic) bond motifs is 2. The van der Waals surface area contributed by atoms with Gasteiger partial charge in [-0.1, -0.05) is 49.6 Å². The van der Waals surface area contributed by atoms with Gasteiger partial charge in [-0.15, -0.1) is 0 Å². The average Bonchev–Trinajstić information content (AvgIpc) is 3.30. The van der Waals surface area contributed by atoms with E-state index >= 15 is 0 Å². The smallest absolute Gasteiger partial charge is 0.270 e. The number of H-pyrrole nitrogens is 1. The summed E-state index contributed by atoms with van der Waals surface area (Å²) in [5.74, 6) is 0.604. The number of carbonyl (C=O) groups excluding carboxylic acids is 1. The van der Waals surface area contributed by atoms with E-state index in [4.69, 9.17) is 22.1 Å². The molecule has 3 N–H and O–H groups in total. The van der Waals surface area contributed by atoms with Crippen LogP contribution in [-0.2, 0) is 17.7 Å². The van der Waals surface area contributed by atoms with Gasteiger partial charge in [-0.2, -0.15) is 0 Å². The number of benzene rings is 1. The molecule has 5 rings (SSSR count). The molecule has 0 bridgehead atoms. The Balaban J connectivity index is 1.53. The quantitative estimate of drug-likeness (QED) is 0.538. The average molecular weight is 456 g/mol. The van der Waals surface area contributed by atoms with Crippen LogP contribution in [0.4, 0.5) is 0 Å². The molecule has 0 saturated carbocycles. The number of unbranched alkanes of at least 4 members (excludes halogenated alkanes) is 1. The molecule has 1 saturated heterocycles. The molecule has 7 nitrogen and oxygen atoms in total. The molecule has 0 aliphatic carbocycles. The summed E-state index contributed by atoms with van der Waals surface area (Å²) in [4.78, 5) is 22.4. The molecule has 1 fully saturated rings. The molecule has 2 aliphatic heterocycles. The van der Waals surface area contributed by atoms with Crippen molar-refractivity contribution in [2.75, 3.05) is 19.8 Å². The number of hydrogen-bond acceptors (Lipinski definition) is 4. The zero-order chi connectivity index (χ0) is 22.2.